The van der Waals surface area contributed by atoms with Gasteiger partial charge < -0.3 is 10.4 Å². The van der Waals surface area contributed by atoms with E-state index in [-0.39, 0.29) is 6.10 Å². The van der Waals surface area contributed by atoms with Gasteiger partial charge in [-0.15, -0.1) is 0 Å². The molecule has 2 rings (SSSR count). The molecule has 0 spiro atoms. The molecule has 1 heterocycles. The van der Waals surface area contributed by atoms with E-state index in [0.29, 0.717) is 6.04 Å². The molecule has 0 unspecified atom stereocenters. The predicted octanol–water partition coefficient (Wildman–Crippen LogP) is 1.94. The van der Waals surface area contributed by atoms with Crippen molar-refractivity contribution in [1.29, 1.82) is 0 Å². The fourth-order valence-electron chi connectivity index (χ4n) is 3.12. The van der Waals surface area contributed by atoms with Gasteiger partial charge in [-0.05, 0) is 38.5 Å². The highest BCUT2D eigenvalue weighted by Crippen LogP contribution is 2.20. The summed E-state index contributed by atoms with van der Waals surface area (Å²) < 4.78 is 2.03. The minimum Gasteiger partial charge on any atom is -0.393 e. The second-order valence-corrected chi connectivity index (χ2v) is 5.59. The van der Waals surface area contributed by atoms with Crippen LogP contribution in [0.25, 0.3) is 0 Å². The number of aromatic nitrogens is 2. The summed E-state index contributed by atoms with van der Waals surface area (Å²) in [6.45, 7) is 5.28. The molecule has 2 N–H and O–H groups in total. The Morgan fingerprint density at radius 1 is 1.21 bits per heavy atom. The van der Waals surface area contributed by atoms with Crippen LogP contribution in [0.1, 0.15) is 56.5 Å². The summed E-state index contributed by atoms with van der Waals surface area (Å²) >= 11 is 0. The lowest BCUT2D eigenvalue weighted by molar-refractivity contribution is 0.116. The van der Waals surface area contributed by atoms with E-state index in [2.05, 4.69) is 24.3 Å². The molecule has 1 aliphatic carbocycles. The number of aliphatic hydroxyl groups excluding tert-OH is 1. The Morgan fingerprint density at radius 3 is 2.47 bits per heavy atom. The van der Waals surface area contributed by atoms with Gasteiger partial charge in [0.15, 0.2) is 0 Å². The van der Waals surface area contributed by atoms with E-state index in [1.807, 2.05) is 11.7 Å². The summed E-state index contributed by atoms with van der Waals surface area (Å²) in [5.74, 6) is 0. The van der Waals surface area contributed by atoms with Crippen LogP contribution in [-0.2, 0) is 26.4 Å². The van der Waals surface area contributed by atoms with Gasteiger partial charge in [0.25, 0.3) is 0 Å². The number of rotatable bonds is 5. The van der Waals surface area contributed by atoms with E-state index in [1.165, 1.54) is 17.0 Å². The van der Waals surface area contributed by atoms with Gasteiger partial charge in [0.05, 0.1) is 11.8 Å². The van der Waals surface area contributed by atoms with Crippen molar-refractivity contribution in [2.45, 2.75) is 71.1 Å². The Morgan fingerprint density at radius 2 is 1.89 bits per heavy atom. The van der Waals surface area contributed by atoms with Gasteiger partial charge >= 0.3 is 0 Å². The SMILES string of the molecule is CCc1nn(C)c(CC)c1CNC1CCC(O)CC1. The monoisotopic (exact) mass is 265 g/mol. The summed E-state index contributed by atoms with van der Waals surface area (Å²) in [5, 5.41) is 17.8. The maximum atomic E-state index is 9.54. The van der Waals surface area contributed by atoms with E-state index in [4.69, 9.17) is 0 Å². The smallest absolute Gasteiger partial charge is 0.0669 e. The first-order valence-electron chi connectivity index (χ1n) is 7.60. The maximum Gasteiger partial charge on any atom is 0.0669 e. The molecule has 0 saturated heterocycles. The lowest BCUT2D eigenvalue weighted by Crippen LogP contribution is -2.34. The molecular weight excluding hydrogens is 238 g/mol. The third-order valence-corrected chi connectivity index (χ3v) is 4.29. The first-order valence-corrected chi connectivity index (χ1v) is 7.60. The first-order chi connectivity index (χ1) is 9.15. The Hall–Kier alpha value is -0.870. The van der Waals surface area contributed by atoms with Crippen LogP contribution in [-0.4, -0.2) is 27.0 Å². The Kier molecular flexibility index (Phi) is 4.99. The Labute approximate surface area is 116 Å². The number of aryl methyl sites for hydroxylation is 2. The molecule has 0 aromatic carbocycles. The van der Waals surface area contributed by atoms with Crippen LogP contribution in [0.2, 0.25) is 0 Å². The summed E-state index contributed by atoms with van der Waals surface area (Å²) in [5.41, 5.74) is 3.96. The Balaban J connectivity index is 1.98. The normalized spacial score (nSPS) is 23.8. The van der Waals surface area contributed by atoms with Crippen LogP contribution >= 0.6 is 0 Å². The van der Waals surface area contributed by atoms with Crippen LogP contribution in [0.3, 0.4) is 0 Å². The zero-order valence-corrected chi connectivity index (χ0v) is 12.4. The molecular formula is C15H27N3O. The lowest BCUT2D eigenvalue weighted by Gasteiger charge is -2.26. The summed E-state index contributed by atoms with van der Waals surface area (Å²) in [6, 6.07) is 0.554. The maximum absolute atomic E-state index is 9.54. The molecule has 1 aliphatic rings. The van der Waals surface area contributed by atoms with Crippen molar-refractivity contribution in [3.8, 4) is 0 Å². The predicted molar refractivity (Wildman–Crippen MR) is 77.1 cm³/mol. The molecule has 0 bridgehead atoms. The van der Waals surface area contributed by atoms with Gasteiger partial charge in [0, 0.05) is 30.9 Å². The molecule has 0 aliphatic heterocycles. The van der Waals surface area contributed by atoms with Crippen LogP contribution in [0, 0.1) is 0 Å². The second-order valence-electron chi connectivity index (χ2n) is 5.59. The van der Waals surface area contributed by atoms with E-state index in [1.54, 1.807) is 0 Å². The first kappa shape index (κ1) is 14.5. The van der Waals surface area contributed by atoms with Gasteiger partial charge in [0.1, 0.15) is 0 Å². The number of hydrogen-bond acceptors (Lipinski definition) is 3. The van der Waals surface area contributed by atoms with Crippen molar-refractivity contribution in [2.24, 2.45) is 7.05 Å². The third-order valence-electron chi connectivity index (χ3n) is 4.29. The fourth-order valence-corrected chi connectivity index (χ4v) is 3.12. The molecule has 1 fully saturated rings. The number of hydrogen-bond donors (Lipinski definition) is 2. The van der Waals surface area contributed by atoms with Crippen molar-refractivity contribution in [3.63, 3.8) is 0 Å². The molecule has 1 saturated carbocycles. The zero-order chi connectivity index (χ0) is 13.8. The van der Waals surface area contributed by atoms with Gasteiger partial charge in [0.2, 0.25) is 0 Å². The van der Waals surface area contributed by atoms with Crippen molar-refractivity contribution in [2.75, 3.05) is 0 Å². The molecule has 4 heteroatoms. The highest BCUT2D eigenvalue weighted by atomic mass is 16.3. The van der Waals surface area contributed by atoms with Crippen LogP contribution in [0.15, 0.2) is 0 Å². The average Bonchev–Trinajstić information content (AvgIpc) is 2.73. The highest BCUT2D eigenvalue weighted by Gasteiger charge is 2.20. The second kappa shape index (κ2) is 6.53. The standard InChI is InChI=1S/C15H27N3O/c1-4-14-13(15(5-2)18(3)17-14)10-16-11-6-8-12(19)9-7-11/h11-12,16,19H,4-10H2,1-3H3. The largest absolute Gasteiger partial charge is 0.393 e. The lowest BCUT2D eigenvalue weighted by atomic mass is 9.93. The van der Waals surface area contributed by atoms with E-state index in [9.17, 15) is 5.11 Å². The molecule has 1 aromatic rings. The van der Waals surface area contributed by atoms with Crippen molar-refractivity contribution >= 4 is 0 Å². The summed E-state index contributed by atoms with van der Waals surface area (Å²) in [6.07, 6.45) is 6.00. The summed E-state index contributed by atoms with van der Waals surface area (Å²) in [4.78, 5) is 0. The van der Waals surface area contributed by atoms with E-state index >= 15 is 0 Å². The molecule has 19 heavy (non-hydrogen) atoms. The summed E-state index contributed by atoms with van der Waals surface area (Å²) in [7, 11) is 2.04. The number of nitrogens with one attached hydrogen (secondary N) is 1. The Bertz CT molecular complexity index is 406. The number of aliphatic hydroxyl groups is 1. The quantitative estimate of drug-likeness (QED) is 0.855. The van der Waals surface area contributed by atoms with Crippen LogP contribution < -0.4 is 5.32 Å². The van der Waals surface area contributed by atoms with Gasteiger partial charge in [-0.25, -0.2) is 0 Å². The van der Waals surface area contributed by atoms with E-state index in [0.717, 1.165) is 45.1 Å². The van der Waals surface area contributed by atoms with Gasteiger partial charge in [-0.2, -0.15) is 5.10 Å². The average molecular weight is 265 g/mol. The zero-order valence-electron chi connectivity index (χ0n) is 12.4. The molecule has 1 aromatic heterocycles. The van der Waals surface area contributed by atoms with Crippen LogP contribution in [0.5, 0.6) is 0 Å². The highest BCUT2D eigenvalue weighted by molar-refractivity contribution is 5.26. The fraction of sp³-hybridized carbons (Fsp3) is 0.800. The number of nitrogens with zero attached hydrogens (tertiary/aromatic N) is 2. The molecule has 108 valence electrons. The van der Waals surface area contributed by atoms with Crippen molar-refractivity contribution in [1.82, 2.24) is 15.1 Å². The van der Waals surface area contributed by atoms with Crippen LogP contribution in [0.4, 0.5) is 0 Å². The third kappa shape index (κ3) is 3.37. The van der Waals surface area contributed by atoms with Gasteiger partial charge in [-0.3, -0.25) is 4.68 Å². The topological polar surface area (TPSA) is 50.1 Å². The van der Waals surface area contributed by atoms with Crippen molar-refractivity contribution in [3.05, 3.63) is 17.0 Å². The molecule has 0 atom stereocenters. The molecule has 4 nitrogen and oxygen atoms in total. The molecule has 0 radical (unpaired) electrons. The minimum atomic E-state index is -0.0751. The minimum absolute atomic E-state index is 0.0751. The van der Waals surface area contributed by atoms with Gasteiger partial charge in [-0.1, -0.05) is 13.8 Å². The van der Waals surface area contributed by atoms with E-state index < -0.39 is 0 Å². The van der Waals surface area contributed by atoms with Crippen molar-refractivity contribution < 1.29 is 5.11 Å². The molecule has 0 amide bonds.